The lowest BCUT2D eigenvalue weighted by Gasteiger charge is -2.13. The molecule has 0 unspecified atom stereocenters. The van der Waals surface area contributed by atoms with Gasteiger partial charge < -0.3 is 5.32 Å². The van der Waals surface area contributed by atoms with E-state index in [1.807, 2.05) is 12.1 Å². The third kappa shape index (κ3) is 3.31. The molecule has 0 spiro atoms. The van der Waals surface area contributed by atoms with Crippen molar-refractivity contribution in [2.75, 3.05) is 13.1 Å². The molecule has 1 saturated heterocycles. The Morgan fingerprint density at radius 2 is 1.93 bits per heavy atom. The van der Waals surface area contributed by atoms with Crippen LogP contribution in [0.15, 0.2) is 24.3 Å². The quantitative estimate of drug-likeness (QED) is 0.786. The monoisotopic (exact) mass is 207 g/mol. The van der Waals surface area contributed by atoms with Gasteiger partial charge in [-0.15, -0.1) is 0 Å². The molecule has 1 N–H and O–H groups in total. The summed E-state index contributed by atoms with van der Waals surface area (Å²) >= 11 is 0. The van der Waals surface area contributed by atoms with Crippen molar-refractivity contribution in [1.29, 1.82) is 0 Å². The second kappa shape index (κ2) is 5.26. The molecule has 82 valence electrons. The van der Waals surface area contributed by atoms with Crippen LogP contribution in [0.25, 0.3) is 0 Å². The molecule has 1 aromatic rings. The van der Waals surface area contributed by atoms with Gasteiger partial charge in [-0.05, 0) is 62.4 Å². The van der Waals surface area contributed by atoms with Crippen molar-refractivity contribution in [3.05, 3.63) is 35.6 Å². The summed E-state index contributed by atoms with van der Waals surface area (Å²) in [5, 5.41) is 3.41. The maximum atomic E-state index is 12.7. The Morgan fingerprint density at radius 1 is 1.13 bits per heavy atom. The summed E-state index contributed by atoms with van der Waals surface area (Å²) in [5.74, 6) is 0.631. The lowest BCUT2D eigenvalue weighted by atomic mass is 9.93. The standard InChI is InChI=1S/C13H18FN/c14-13-5-3-12(4-6-13)10-11-2-1-8-15-9-7-11/h3-6,11,15H,1-2,7-10H2/t11-/m1/s1. The van der Waals surface area contributed by atoms with Crippen LogP contribution in [-0.4, -0.2) is 13.1 Å². The smallest absolute Gasteiger partial charge is 0.123 e. The van der Waals surface area contributed by atoms with E-state index in [4.69, 9.17) is 0 Å². The molecule has 0 bridgehead atoms. The predicted molar refractivity (Wildman–Crippen MR) is 60.3 cm³/mol. The number of rotatable bonds is 2. The van der Waals surface area contributed by atoms with Gasteiger partial charge >= 0.3 is 0 Å². The van der Waals surface area contributed by atoms with Crippen molar-refractivity contribution >= 4 is 0 Å². The van der Waals surface area contributed by atoms with Crippen LogP contribution in [0, 0.1) is 11.7 Å². The van der Waals surface area contributed by atoms with Crippen LogP contribution in [-0.2, 0) is 6.42 Å². The van der Waals surface area contributed by atoms with Crippen LogP contribution in [0.2, 0.25) is 0 Å². The second-order valence-corrected chi connectivity index (χ2v) is 4.38. The molecule has 1 aliphatic heterocycles. The summed E-state index contributed by atoms with van der Waals surface area (Å²) in [5.41, 5.74) is 1.27. The highest BCUT2D eigenvalue weighted by molar-refractivity contribution is 5.16. The number of hydrogen-bond donors (Lipinski definition) is 1. The zero-order chi connectivity index (χ0) is 10.5. The van der Waals surface area contributed by atoms with Crippen LogP contribution in [0.5, 0.6) is 0 Å². The van der Waals surface area contributed by atoms with Crippen molar-refractivity contribution in [2.45, 2.75) is 25.7 Å². The lowest BCUT2D eigenvalue weighted by molar-refractivity contribution is 0.469. The first-order chi connectivity index (χ1) is 7.34. The van der Waals surface area contributed by atoms with Gasteiger partial charge in [-0.25, -0.2) is 4.39 Å². The fourth-order valence-electron chi connectivity index (χ4n) is 2.25. The molecule has 2 rings (SSSR count). The first kappa shape index (κ1) is 10.6. The summed E-state index contributed by atoms with van der Waals surface area (Å²) in [6.45, 7) is 2.28. The third-order valence-electron chi connectivity index (χ3n) is 3.13. The molecule has 1 atom stereocenters. The Bertz CT molecular complexity index is 286. The topological polar surface area (TPSA) is 12.0 Å². The zero-order valence-electron chi connectivity index (χ0n) is 9.01. The molecule has 0 radical (unpaired) electrons. The fourth-order valence-corrected chi connectivity index (χ4v) is 2.25. The van der Waals surface area contributed by atoms with Crippen molar-refractivity contribution in [3.8, 4) is 0 Å². The van der Waals surface area contributed by atoms with Crippen LogP contribution >= 0.6 is 0 Å². The molecule has 15 heavy (non-hydrogen) atoms. The summed E-state index contributed by atoms with van der Waals surface area (Å²) in [4.78, 5) is 0. The first-order valence-corrected chi connectivity index (χ1v) is 5.80. The van der Waals surface area contributed by atoms with Gasteiger partial charge in [-0.3, -0.25) is 0 Å². The average Bonchev–Trinajstić information content (AvgIpc) is 2.50. The van der Waals surface area contributed by atoms with E-state index in [0.29, 0.717) is 0 Å². The van der Waals surface area contributed by atoms with E-state index in [1.165, 1.54) is 24.8 Å². The minimum absolute atomic E-state index is 0.138. The van der Waals surface area contributed by atoms with Crippen molar-refractivity contribution < 1.29 is 4.39 Å². The number of benzene rings is 1. The molecular weight excluding hydrogens is 189 g/mol. The van der Waals surface area contributed by atoms with Gasteiger partial charge in [-0.1, -0.05) is 12.1 Å². The Morgan fingerprint density at radius 3 is 2.73 bits per heavy atom. The lowest BCUT2D eigenvalue weighted by Crippen LogP contribution is -2.14. The summed E-state index contributed by atoms with van der Waals surface area (Å²) in [6.07, 6.45) is 4.91. The molecule has 2 heteroatoms. The van der Waals surface area contributed by atoms with E-state index in [-0.39, 0.29) is 5.82 Å². The van der Waals surface area contributed by atoms with Gasteiger partial charge in [0.2, 0.25) is 0 Å². The van der Waals surface area contributed by atoms with Crippen LogP contribution < -0.4 is 5.32 Å². The van der Waals surface area contributed by atoms with Gasteiger partial charge in [0.15, 0.2) is 0 Å². The SMILES string of the molecule is Fc1ccc(C[C@@H]2CCCNCC2)cc1. The number of nitrogens with one attached hydrogen (secondary N) is 1. The van der Waals surface area contributed by atoms with Gasteiger partial charge in [0.25, 0.3) is 0 Å². The zero-order valence-corrected chi connectivity index (χ0v) is 9.01. The van der Waals surface area contributed by atoms with Crippen LogP contribution in [0.1, 0.15) is 24.8 Å². The highest BCUT2D eigenvalue weighted by Gasteiger charge is 2.12. The highest BCUT2D eigenvalue weighted by Crippen LogP contribution is 2.19. The van der Waals surface area contributed by atoms with Crippen molar-refractivity contribution in [3.63, 3.8) is 0 Å². The second-order valence-electron chi connectivity index (χ2n) is 4.38. The minimum atomic E-state index is -0.138. The number of halogens is 1. The molecule has 0 aliphatic carbocycles. The molecule has 1 aliphatic rings. The largest absolute Gasteiger partial charge is 0.317 e. The average molecular weight is 207 g/mol. The molecule has 1 fully saturated rings. The first-order valence-electron chi connectivity index (χ1n) is 5.80. The Labute approximate surface area is 90.7 Å². The van der Waals surface area contributed by atoms with E-state index in [9.17, 15) is 4.39 Å². The van der Waals surface area contributed by atoms with Crippen molar-refractivity contribution in [1.82, 2.24) is 5.32 Å². The van der Waals surface area contributed by atoms with Crippen LogP contribution in [0.3, 0.4) is 0 Å². The van der Waals surface area contributed by atoms with Crippen LogP contribution in [0.4, 0.5) is 4.39 Å². The molecule has 0 aromatic heterocycles. The summed E-state index contributed by atoms with van der Waals surface area (Å²) in [7, 11) is 0. The van der Waals surface area contributed by atoms with Crippen molar-refractivity contribution in [2.24, 2.45) is 5.92 Å². The molecule has 1 aromatic carbocycles. The third-order valence-corrected chi connectivity index (χ3v) is 3.13. The molecule has 0 saturated carbocycles. The minimum Gasteiger partial charge on any atom is -0.317 e. The summed E-state index contributed by atoms with van der Waals surface area (Å²) in [6, 6.07) is 6.94. The molecule has 1 nitrogen and oxygen atoms in total. The van der Waals surface area contributed by atoms with Gasteiger partial charge in [0, 0.05) is 0 Å². The molecular formula is C13H18FN. The number of hydrogen-bond acceptors (Lipinski definition) is 1. The fraction of sp³-hybridized carbons (Fsp3) is 0.538. The molecule has 1 heterocycles. The molecule has 0 amide bonds. The van der Waals surface area contributed by atoms with E-state index >= 15 is 0 Å². The predicted octanol–water partition coefficient (Wildman–Crippen LogP) is 2.76. The van der Waals surface area contributed by atoms with Gasteiger partial charge in [0.05, 0.1) is 0 Å². The maximum Gasteiger partial charge on any atom is 0.123 e. The van der Waals surface area contributed by atoms with Gasteiger partial charge in [-0.2, -0.15) is 0 Å². The Balaban J connectivity index is 1.92. The van der Waals surface area contributed by atoms with E-state index in [0.717, 1.165) is 25.4 Å². The highest BCUT2D eigenvalue weighted by atomic mass is 19.1. The Kier molecular flexibility index (Phi) is 3.73. The Hall–Kier alpha value is -0.890. The van der Waals surface area contributed by atoms with Gasteiger partial charge in [0.1, 0.15) is 5.82 Å². The maximum absolute atomic E-state index is 12.7. The van der Waals surface area contributed by atoms with E-state index in [2.05, 4.69) is 5.32 Å². The normalized spacial score (nSPS) is 22.3. The summed E-state index contributed by atoms with van der Waals surface area (Å²) < 4.78 is 12.7. The van der Waals surface area contributed by atoms with E-state index in [1.54, 1.807) is 12.1 Å². The van der Waals surface area contributed by atoms with E-state index < -0.39 is 0 Å².